The summed E-state index contributed by atoms with van der Waals surface area (Å²) in [7, 11) is 0. The summed E-state index contributed by atoms with van der Waals surface area (Å²) in [5, 5.41) is 9.10. The van der Waals surface area contributed by atoms with Gasteiger partial charge in [-0.3, -0.25) is 9.59 Å². The third-order valence-electron chi connectivity index (χ3n) is 2.17. The average Bonchev–Trinajstić information content (AvgIpc) is 2.26. The number of halogens is 1. The molecule has 0 heterocycles. The summed E-state index contributed by atoms with van der Waals surface area (Å²) in [5.41, 5.74) is 5.81. The van der Waals surface area contributed by atoms with Gasteiger partial charge in [-0.1, -0.05) is 11.6 Å². The van der Waals surface area contributed by atoms with Gasteiger partial charge in [-0.15, -0.1) is 0 Å². The minimum Gasteiger partial charge on any atom is -0.480 e. The molecular weight excluding hydrogens is 230 g/mol. The van der Waals surface area contributed by atoms with Crippen LogP contribution in [0.3, 0.4) is 0 Å². The Hall–Kier alpha value is -1.39. The van der Waals surface area contributed by atoms with Gasteiger partial charge in [-0.2, -0.15) is 0 Å². The van der Waals surface area contributed by atoms with E-state index in [0.717, 1.165) is 0 Å². The van der Waals surface area contributed by atoms with E-state index in [2.05, 4.69) is 0 Å². The van der Waals surface area contributed by atoms with Crippen LogP contribution >= 0.6 is 11.6 Å². The monoisotopic (exact) mass is 241 g/mol. The fourth-order valence-corrected chi connectivity index (χ4v) is 1.32. The molecule has 0 saturated carbocycles. The summed E-state index contributed by atoms with van der Waals surface area (Å²) in [5.74, 6) is -1.22. The molecule has 0 spiro atoms. The van der Waals surface area contributed by atoms with Gasteiger partial charge in [0.25, 0.3) is 0 Å². The van der Waals surface area contributed by atoms with Gasteiger partial charge in [-0.05, 0) is 30.7 Å². The van der Waals surface area contributed by atoms with Crippen molar-refractivity contribution in [2.24, 2.45) is 5.73 Å². The molecule has 5 heteroatoms. The van der Waals surface area contributed by atoms with E-state index in [-0.39, 0.29) is 18.6 Å². The third kappa shape index (κ3) is 3.64. The molecule has 4 nitrogen and oxygen atoms in total. The predicted molar refractivity (Wildman–Crippen MR) is 60.6 cm³/mol. The number of carbonyl (C=O) groups is 2. The van der Waals surface area contributed by atoms with Crippen LogP contribution in [0, 0.1) is 0 Å². The SMILES string of the molecule is N[C@H](CCC(=O)c1ccc(Cl)cc1)C(=O)O. The molecule has 0 fully saturated rings. The molecule has 1 aromatic rings. The standard InChI is InChI=1S/C11H12ClNO3/c12-8-3-1-7(2-4-8)10(14)6-5-9(13)11(15)16/h1-4,9H,5-6,13H2,(H,15,16)/t9-/m1/s1. The van der Waals surface area contributed by atoms with Crippen molar-refractivity contribution in [1.82, 2.24) is 0 Å². The van der Waals surface area contributed by atoms with Crippen LogP contribution < -0.4 is 5.73 Å². The van der Waals surface area contributed by atoms with Crippen LogP contribution in [0.5, 0.6) is 0 Å². The molecule has 1 atom stereocenters. The van der Waals surface area contributed by atoms with Gasteiger partial charge < -0.3 is 10.8 Å². The molecule has 86 valence electrons. The minimum atomic E-state index is -1.09. The van der Waals surface area contributed by atoms with Crippen LogP contribution in [-0.4, -0.2) is 22.9 Å². The van der Waals surface area contributed by atoms with Crippen molar-refractivity contribution in [3.8, 4) is 0 Å². The molecule has 1 aromatic carbocycles. The maximum absolute atomic E-state index is 11.6. The largest absolute Gasteiger partial charge is 0.480 e. The van der Waals surface area contributed by atoms with Gasteiger partial charge in [0.2, 0.25) is 0 Å². The van der Waals surface area contributed by atoms with Crippen molar-refractivity contribution < 1.29 is 14.7 Å². The number of benzene rings is 1. The van der Waals surface area contributed by atoms with Crippen molar-refractivity contribution in [1.29, 1.82) is 0 Å². The number of carboxylic acid groups (broad SMARTS) is 1. The summed E-state index contributed by atoms with van der Waals surface area (Å²) in [6.45, 7) is 0. The van der Waals surface area contributed by atoms with E-state index in [1.165, 1.54) is 0 Å². The maximum atomic E-state index is 11.6. The molecular formula is C11H12ClNO3. The Bertz CT molecular complexity index is 389. The van der Waals surface area contributed by atoms with Crippen LogP contribution in [0.1, 0.15) is 23.2 Å². The lowest BCUT2D eigenvalue weighted by Gasteiger charge is -2.05. The number of Topliss-reactive ketones (excluding diaryl/α,β-unsaturated/α-hetero) is 1. The number of rotatable bonds is 5. The Morgan fingerprint density at radius 1 is 1.31 bits per heavy atom. The van der Waals surface area contributed by atoms with Gasteiger partial charge in [0.05, 0.1) is 0 Å². The fraction of sp³-hybridized carbons (Fsp3) is 0.273. The second-order valence-electron chi connectivity index (χ2n) is 3.41. The van der Waals surface area contributed by atoms with Crippen molar-refractivity contribution in [2.75, 3.05) is 0 Å². The number of carboxylic acids is 1. The normalized spacial score (nSPS) is 12.1. The topological polar surface area (TPSA) is 80.4 Å². The van der Waals surface area contributed by atoms with E-state index in [0.29, 0.717) is 10.6 Å². The quantitative estimate of drug-likeness (QED) is 0.769. The molecule has 0 bridgehead atoms. The first-order valence-corrected chi connectivity index (χ1v) is 5.15. The number of ketones is 1. The number of nitrogens with two attached hydrogens (primary N) is 1. The zero-order valence-electron chi connectivity index (χ0n) is 8.52. The lowest BCUT2D eigenvalue weighted by molar-refractivity contribution is -0.138. The van der Waals surface area contributed by atoms with Gasteiger partial charge >= 0.3 is 5.97 Å². The smallest absolute Gasteiger partial charge is 0.320 e. The molecule has 0 aliphatic heterocycles. The maximum Gasteiger partial charge on any atom is 0.320 e. The molecule has 0 unspecified atom stereocenters. The van der Waals surface area contributed by atoms with Crippen LogP contribution in [0.2, 0.25) is 5.02 Å². The van der Waals surface area contributed by atoms with Crippen molar-refractivity contribution in [2.45, 2.75) is 18.9 Å². The first kappa shape index (κ1) is 12.7. The van der Waals surface area contributed by atoms with E-state index in [4.69, 9.17) is 22.4 Å². The highest BCUT2D eigenvalue weighted by Gasteiger charge is 2.14. The number of carbonyl (C=O) groups excluding carboxylic acids is 1. The van der Waals surface area contributed by atoms with Gasteiger partial charge in [0.15, 0.2) is 5.78 Å². The molecule has 0 aromatic heterocycles. The Balaban J connectivity index is 2.53. The van der Waals surface area contributed by atoms with E-state index in [1.807, 2.05) is 0 Å². The lowest BCUT2D eigenvalue weighted by Crippen LogP contribution is -2.30. The second-order valence-corrected chi connectivity index (χ2v) is 3.85. The summed E-state index contributed by atoms with van der Waals surface area (Å²) in [6, 6.07) is 5.46. The molecule has 0 saturated heterocycles. The molecule has 3 N–H and O–H groups in total. The molecule has 16 heavy (non-hydrogen) atoms. The molecule has 0 amide bonds. The second kappa shape index (κ2) is 5.63. The number of hydrogen-bond acceptors (Lipinski definition) is 3. The van der Waals surface area contributed by atoms with E-state index >= 15 is 0 Å². The third-order valence-corrected chi connectivity index (χ3v) is 2.42. The highest BCUT2D eigenvalue weighted by Crippen LogP contribution is 2.12. The van der Waals surface area contributed by atoms with Crippen molar-refractivity contribution >= 4 is 23.4 Å². The molecule has 1 rings (SSSR count). The van der Waals surface area contributed by atoms with Gasteiger partial charge in [0.1, 0.15) is 6.04 Å². The first-order valence-electron chi connectivity index (χ1n) is 4.78. The molecule has 0 aliphatic rings. The van der Waals surface area contributed by atoms with Crippen LogP contribution in [-0.2, 0) is 4.79 Å². The Labute approximate surface area is 98.0 Å². The number of aliphatic carboxylic acids is 1. The summed E-state index contributed by atoms with van der Waals surface area (Å²) in [6.07, 6.45) is 0.256. The average molecular weight is 242 g/mol. The van der Waals surface area contributed by atoms with E-state index in [9.17, 15) is 9.59 Å². The molecule has 0 radical (unpaired) electrons. The Morgan fingerprint density at radius 2 is 1.88 bits per heavy atom. The Kier molecular flexibility index (Phi) is 4.46. The van der Waals surface area contributed by atoms with Crippen molar-refractivity contribution in [3.05, 3.63) is 34.9 Å². The molecule has 0 aliphatic carbocycles. The predicted octanol–water partition coefficient (Wildman–Crippen LogP) is 1.71. The van der Waals surface area contributed by atoms with Crippen LogP contribution in [0.4, 0.5) is 0 Å². The zero-order chi connectivity index (χ0) is 12.1. The number of hydrogen-bond donors (Lipinski definition) is 2. The summed E-state index contributed by atoms with van der Waals surface area (Å²) < 4.78 is 0. The summed E-state index contributed by atoms with van der Waals surface area (Å²) in [4.78, 5) is 22.0. The van der Waals surface area contributed by atoms with Crippen LogP contribution in [0.15, 0.2) is 24.3 Å². The van der Waals surface area contributed by atoms with Crippen molar-refractivity contribution in [3.63, 3.8) is 0 Å². The summed E-state index contributed by atoms with van der Waals surface area (Å²) >= 11 is 5.68. The first-order chi connectivity index (χ1) is 7.50. The van der Waals surface area contributed by atoms with E-state index in [1.54, 1.807) is 24.3 Å². The van der Waals surface area contributed by atoms with Gasteiger partial charge in [-0.25, -0.2) is 0 Å². The highest BCUT2D eigenvalue weighted by atomic mass is 35.5. The Morgan fingerprint density at radius 3 is 2.38 bits per heavy atom. The zero-order valence-corrected chi connectivity index (χ0v) is 9.28. The highest BCUT2D eigenvalue weighted by molar-refractivity contribution is 6.30. The van der Waals surface area contributed by atoms with Gasteiger partial charge in [0, 0.05) is 17.0 Å². The minimum absolute atomic E-state index is 0.120. The lowest BCUT2D eigenvalue weighted by atomic mass is 10.0. The fourth-order valence-electron chi connectivity index (χ4n) is 1.19. The van der Waals surface area contributed by atoms with E-state index < -0.39 is 12.0 Å². The van der Waals surface area contributed by atoms with Crippen LogP contribution in [0.25, 0.3) is 0 Å².